The van der Waals surface area contributed by atoms with Gasteiger partial charge in [0, 0.05) is 26.5 Å². The molecule has 2 aromatic carbocycles. The summed E-state index contributed by atoms with van der Waals surface area (Å²) in [4.78, 5) is 27.8. The maximum absolute atomic E-state index is 13.6. The number of carbonyl (C=O) groups excluding carboxylic acids is 1. The molecule has 0 saturated carbocycles. The molecule has 0 spiro atoms. The molecular weight excluding hydrogens is 511 g/mol. The van der Waals surface area contributed by atoms with E-state index >= 15 is 0 Å². The van der Waals surface area contributed by atoms with Crippen molar-refractivity contribution < 1.29 is 18.0 Å². The number of aromatic nitrogens is 2. The van der Waals surface area contributed by atoms with Crippen LogP contribution in [0.1, 0.15) is 28.8 Å². The number of alkyl halides is 3. The van der Waals surface area contributed by atoms with E-state index in [4.69, 9.17) is 0 Å². The van der Waals surface area contributed by atoms with Gasteiger partial charge in [0.05, 0.1) is 22.7 Å². The van der Waals surface area contributed by atoms with Crippen LogP contribution in [0, 0.1) is 13.8 Å². The smallest absolute Gasteiger partial charge is 0.278 e. The fourth-order valence-corrected chi connectivity index (χ4v) is 7.02. The van der Waals surface area contributed by atoms with Gasteiger partial charge in [-0.1, -0.05) is 42.6 Å². The number of fused-ring (bicyclic) bond motifs is 3. The van der Waals surface area contributed by atoms with Crippen LogP contribution in [0.25, 0.3) is 10.2 Å². The van der Waals surface area contributed by atoms with Gasteiger partial charge in [0.15, 0.2) is 0 Å². The average Bonchev–Trinajstić information content (AvgIpc) is 3.12. The number of carbonyl (C=O) groups is 1. The van der Waals surface area contributed by atoms with Crippen LogP contribution in [-0.4, -0.2) is 21.6 Å². The fourth-order valence-electron chi connectivity index (χ4n) is 3.91. The van der Waals surface area contributed by atoms with Gasteiger partial charge in [-0.15, -0.1) is 11.3 Å². The molecular formula is C25H20F3N3OS3. The summed E-state index contributed by atoms with van der Waals surface area (Å²) >= 11 is 4.27. The van der Waals surface area contributed by atoms with Gasteiger partial charge in [-0.3, -0.25) is 9.69 Å². The largest absolute Gasteiger partial charge is 0.416 e. The second-order valence-corrected chi connectivity index (χ2v) is 11.3. The van der Waals surface area contributed by atoms with E-state index in [2.05, 4.69) is 9.97 Å². The van der Waals surface area contributed by atoms with Crippen LogP contribution in [0.4, 0.5) is 24.5 Å². The van der Waals surface area contributed by atoms with Gasteiger partial charge >= 0.3 is 6.18 Å². The summed E-state index contributed by atoms with van der Waals surface area (Å²) in [6, 6.07) is 10.8. The molecule has 0 bridgehead atoms. The molecule has 1 amide bonds. The van der Waals surface area contributed by atoms with E-state index in [1.54, 1.807) is 23.5 Å². The topological polar surface area (TPSA) is 46.1 Å². The number of para-hydroxylation sites is 1. The van der Waals surface area contributed by atoms with Crippen LogP contribution in [0.3, 0.4) is 0 Å². The van der Waals surface area contributed by atoms with E-state index in [1.807, 2.05) is 32.9 Å². The van der Waals surface area contributed by atoms with Crippen LogP contribution in [0.5, 0.6) is 0 Å². The van der Waals surface area contributed by atoms with Crippen LogP contribution < -0.4 is 4.90 Å². The fraction of sp³-hybridized carbons (Fsp3) is 0.240. The number of halogens is 3. The number of thiophene rings is 1. The third-order valence-corrected chi connectivity index (χ3v) is 8.98. The summed E-state index contributed by atoms with van der Waals surface area (Å²) in [6.07, 6.45) is -3.84. The molecule has 0 fully saturated rings. The zero-order valence-corrected chi connectivity index (χ0v) is 21.5. The van der Waals surface area contributed by atoms with Crippen molar-refractivity contribution in [1.29, 1.82) is 0 Å². The molecule has 4 aromatic rings. The first-order valence-electron chi connectivity index (χ1n) is 10.9. The van der Waals surface area contributed by atoms with Gasteiger partial charge in [0.2, 0.25) is 5.91 Å². The van der Waals surface area contributed by atoms with Crippen molar-refractivity contribution in [1.82, 2.24) is 9.97 Å². The molecule has 5 rings (SSSR count). The van der Waals surface area contributed by atoms with Crippen molar-refractivity contribution in [2.75, 3.05) is 10.7 Å². The number of aryl methyl sites for hydroxylation is 3. The first-order valence-corrected chi connectivity index (χ1v) is 13.5. The van der Waals surface area contributed by atoms with Gasteiger partial charge in [0.1, 0.15) is 15.7 Å². The predicted molar refractivity (Wildman–Crippen MR) is 136 cm³/mol. The number of hydrogen-bond donors (Lipinski definition) is 0. The molecule has 0 N–H and O–H groups in total. The summed E-state index contributed by atoms with van der Waals surface area (Å²) < 4.78 is 40.5. The SMILES string of the molecule is CCc1nc(SCC(=O)N2c3ccccc3Sc3ccc(C(F)(F)F)cc32)c2c(C)c(C)sc2n1. The minimum absolute atomic E-state index is 0.0261. The normalized spacial score (nSPS) is 13.1. The first-order chi connectivity index (χ1) is 16.7. The Morgan fingerprint density at radius 1 is 1.06 bits per heavy atom. The molecule has 0 atom stereocenters. The highest BCUT2D eigenvalue weighted by Crippen LogP contribution is 2.50. The van der Waals surface area contributed by atoms with Crippen LogP contribution >= 0.6 is 34.9 Å². The van der Waals surface area contributed by atoms with Crippen molar-refractivity contribution in [2.45, 2.75) is 48.2 Å². The molecule has 3 heterocycles. The summed E-state index contributed by atoms with van der Waals surface area (Å²) in [6.45, 7) is 6.03. The number of nitrogens with zero attached hydrogens (tertiary/aromatic N) is 3. The Morgan fingerprint density at radius 3 is 2.54 bits per heavy atom. The molecule has 0 saturated heterocycles. The molecule has 180 valence electrons. The lowest BCUT2D eigenvalue weighted by atomic mass is 10.1. The Hall–Kier alpha value is -2.56. The van der Waals surface area contributed by atoms with Gasteiger partial charge in [-0.25, -0.2) is 9.97 Å². The Balaban J connectivity index is 1.53. The highest BCUT2D eigenvalue weighted by molar-refractivity contribution is 8.00. The Bertz CT molecular complexity index is 1470. The minimum atomic E-state index is -4.50. The van der Waals surface area contributed by atoms with E-state index in [1.165, 1.54) is 34.5 Å². The van der Waals surface area contributed by atoms with Gasteiger partial charge in [-0.2, -0.15) is 13.2 Å². The molecule has 1 aliphatic heterocycles. The van der Waals surface area contributed by atoms with Crippen molar-refractivity contribution >= 4 is 62.4 Å². The number of amides is 1. The summed E-state index contributed by atoms with van der Waals surface area (Å²) in [5, 5.41) is 1.67. The van der Waals surface area contributed by atoms with E-state index < -0.39 is 11.7 Å². The van der Waals surface area contributed by atoms with Gasteiger partial charge < -0.3 is 0 Å². The molecule has 2 aromatic heterocycles. The number of thioether (sulfide) groups is 1. The summed E-state index contributed by atoms with van der Waals surface area (Å²) in [5.74, 6) is 0.421. The number of rotatable bonds is 4. The van der Waals surface area contributed by atoms with Crippen LogP contribution in [-0.2, 0) is 17.4 Å². The highest BCUT2D eigenvalue weighted by atomic mass is 32.2. The van der Waals surface area contributed by atoms with Crippen LogP contribution in [0.15, 0.2) is 57.3 Å². The maximum atomic E-state index is 13.6. The first kappa shape index (κ1) is 24.1. The highest BCUT2D eigenvalue weighted by Gasteiger charge is 2.35. The van der Waals surface area contributed by atoms with Gasteiger partial charge in [0.25, 0.3) is 0 Å². The summed E-state index contributed by atoms with van der Waals surface area (Å²) in [7, 11) is 0. The Morgan fingerprint density at radius 2 is 1.80 bits per heavy atom. The lowest BCUT2D eigenvalue weighted by Crippen LogP contribution is -2.30. The number of hydrogen-bond acceptors (Lipinski definition) is 6. The lowest BCUT2D eigenvalue weighted by Gasteiger charge is -2.31. The second-order valence-electron chi connectivity index (χ2n) is 8.03. The molecule has 0 radical (unpaired) electrons. The van der Waals surface area contributed by atoms with E-state index in [9.17, 15) is 18.0 Å². The standard InChI is InChI=1S/C25H20F3N3OS3/c1-4-20-29-23(22-13(2)14(3)34-24(22)30-20)33-12-21(32)31-16-7-5-6-8-18(16)35-19-10-9-15(11-17(19)31)25(26,27)28/h5-11H,4,12H2,1-3H3. The molecule has 10 heteroatoms. The zero-order chi connectivity index (χ0) is 24.9. The number of benzene rings is 2. The molecule has 4 nitrogen and oxygen atoms in total. The predicted octanol–water partition coefficient (Wildman–Crippen LogP) is 7.81. The van der Waals surface area contributed by atoms with Crippen molar-refractivity contribution in [3.05, 3.63) is 64.3 Å². The number of anilines is 2. The van der Waals surface area contributed by atoms with Crippen molar-refractivity contribution in [3.63, 3.8) is 0 Å². The monoisotopic (exact) mass is 531 g/mol. The van der Waals surface area contributed by atoms with E-state index in [0.29, 0.717) is 22.8 Å². The van der Waals surface area contributed by atoms with E-state index in [0.717, 1.165) is 42.7 Å². The third-order valence-electron chi connectivity index (χ3n) is 5.79. The average molecular weight is 532 g/mol. The van der Waals surface area contributed by atoms with Crippen LogP contribution in [0.2, 0.25) is 0 Å². The van der Waals surface area contributed by atoms with Crippen molar-refractivity contribution in [3.8, 4) is 0 Å². The Kier molecular flexibility index (Phi) is 6.31. The molecule has 0 unspecified atom stereocenters. The maximum Gasteiger partial charge on any atom is 0.416 e. The molecule has 1 aliphatic rings. The molecule has 0 aliphatic carbocycles. The van der Waals surface area contributed by atoms with E-state index in [-0.39, 0.29) is 17.3 Å². The molecule has 35 heavy (non-hydrogen) atoms. The third kappa shape index (κ3) is 4.43. The second kappa shape index (κ2) is 9.15. The lowest BCUT2D eigenvalue weighted by molar-refractivity contribution is -0.137. The Labute approximate surface area is 213 Å². The zero-order valence-electron chi connectivity index (χ0n) is 19.1. The summed E-state index contributed by atoms with van der Waals surface area (Å²) in [5.41, 5.74) is 1.14. The van der Waals surface area contributed by atoms with Crippen molar-refractivity contribution in [2.24, 2.45) is 0 Å². The quantitative estimate of drug-likeness (QED) is 0.199. The van der Waals surface area contributed by atoms with Gasteiger partial charge in [-0.05, 0) is 49.7 Å². The minimum Gasteiger partial charge on any atom is -0.278 e.